The van der Waals surface area contributed by atoms with Crippen molar-refractivity contribution in [3.8, 4) is 0 Å². The van der Waals surface area contributed by atoms with Crippen molar-refractivity contribution >= 4 is 11.8 Å². The Morgan fingerprint density at radius 2 is 1.06 bits per heavy atom. The molecule has 0 aromatic rings. The van der Waals surface area contributed by atoms with E-state index < -0.39 is 0 Å². The van der Waals surface area contributed by atoms with Crippen molar-refractivity contribution in [1.82, 2.24) is 10.6 Å². The molecule has 5 heteroatoms. The van der Waals surface area contributed by atoms with Gasteiger partial charge in [0.25, 0.3) is 0 Å². The maximum absolute atomic E-state index is 12.6. The van der Waals surface area contributed by atoms with E-state index >= 15 is 0 Å². The monoisotopic (exact) mass is 475 g/mol. The Kier molecular flexibility index (Phi) is 12.2. The first kappa shape index (κ1) is 27.5. The lowest BCUT2D eigenvalue weighted by molar-refractivity contribution is -0.127. The van der Waals surface area contributed by atoms with Crippen LogP contribution in [0.2, 0.25) is 0 Å². The van der Waals surface area contributed by atoms with Crippen LogP contribution >= 0.6 is 0 Å². The van der Waals surface area contributed by atoms with Gasteiger partial charge in [-0.2, -0.15) is 0 Å². The molecule has 4 bridgehead atoms. The third-order valence-corrected chi connectivity index (χ3v) is 8.70. The summed E-state index contributed by atoms with van der Waals surface area (Å²) in [5, 5.41) is 6.58. The number of hydrogen-bond donors (Lipinski definition) is 3. The Balaban J connectivity index is 1.07. The third-order valence-electron chi connectivity index (χ3n) is 8.70. The molecule has 4 aliphatic carbocycles. The van der Waals surface area contributed by atoms with E-state index in [1.54, 1.807) is 0 Å². The molecule has 0 spiro atoms. The van der Waals surface area contributed by atoms with Gasteiger partial charge in [-0.1, -0.05) is 57.8 Å². The lowest BCUT2D eigenvalue weighted by Crippen LogP contribution is -2.59. The maximum atomic E-state index is 12.6. The highest BCUT2D eigenvalue weighted by Crippen LogP contribution is 2.55. The largest absolute Gasteiger partial charge is 0.356 e. The number of unbranched alkanes of at least 4 members (excludes halogenated alkanes) is 11. The Morgan fingerprint density at radius 1 is 0.618 bits per heavy atom. The van der Waals surface area contributed by atoms with Gasteiger partial charge in [0, 0.05) is 24.9 Å². The fourth-order valence-electron chi connectivity index (χ4n) is 7.37. The molecule has 2 amide bonds. The highest BCUT2D eigenvalue weighted by molar-refractivity contribution is 5.77. The maximum Gasteiger partial charge on any atom is 0.220 e. The van der Waals surface area contributed by atoms with Gasteiger partial charge in [-0.3, -0.25) is 9.59 Å². The van der Waals surface area contributed by atoms with E-state index in [-0.39, 0.29) is 11.4 Å². The fourth-order valence-corrected chi connectivity index (χ4v) is 7.37. The average molecular weight is 476 g/mol. The smallest absolute Gasteiger partial charge is 0.220 e. The molecule has 0 heterocycles. The second-order valence-corrected chi connectivity index (χ2v) is 12.0. The van der Waals surface area contributed by atoms with Crippen molar-refractivity contribution in [2.24, 2.45) is 23.5 Å². The number of rotatable bonds is 19. The zero-order valence-corrected chi connectivity index (χ0v) is 21.9. The molecule has 0 radical (unpaired) electrons. The molecule has 4 N–H and O–H groups in total. The van der Waals surface area contributed by atoms with Crippen LogP contribution in [0.5, 0.6) is 0 Å². The molecule has 0 aromatic carbocycles. The summed E-state index contributed by atoms with van der Waals surface area (Å²) in [6.45, 7) is 1.60. The average Bonchev–Trinajstić information content (AvgIpc) is 2.78. The van der Waals surface area contributed by atoms with Crippen LogP contribution in [-0.4, -0.2) is 30.4 Å². The van der Waals surface area contributed by atoms with Crippen molar-refractivity contribution < 1.29 is 9.59 Å². The standard InChI is InChI=1S/C29H53N3O2/c30-16-12-8-5-7-10-14-27(33)31-17-13-9-4-2-1-3-6-11-15-28(34)32-29-21-24-18-25(22-29)20-26(19-24)23-29/h24-26H,1-23,30H2,(H,31,33)(H,32,34). The molecule has 4 fully saturated rings. The number of hydrogen-bond acceptors (Lipinski definition) is 3. The number of nitrogens with one attached hydrogen (secondary N) is 2. The quantitative estimate of drug-likeness (QED) is 0.200. The highest BCUT2D eigenvalue weighted by Gasteiger charge is 2.51. The Labute approximate surface area is 209 Å². The van der Waals surface area contributed by atoms with E-state index in [4.69, 9.17) is 5.73 Å². The lowest BCUT2D eigenvalue weighted by Gasteiger charge is -2.56. The van der Waals surface area contributed by atoms with Gasteiger partial charge < -0.3 is 16.4 Å². The summed E-state index contributed by atoms with van der Waals surface area (Å²) in [6.07, 6.45) is 24.6. The summed E-state index contributed by atoms with van der Waals surface area (Å²) in [6, 6.07) is 0. The van der Waals surface area contributed by atoms with Crippen LogP contribution in [0.15, 0.2) is 0 Å². The zero-order valence-electron chi connectivity index (χ0n) is 21.9. The van der Waals surface area contributed by atoms with Crippen LogP contribution in [0, 0.1) is 17.8 Å². The summed E-state index contributed by atoms with van der Waals surface area (Å²) in [7, 11) is 0. The second-order valence-electron chi connectivity index (χ2n) is 12.0. The topological polar surface area (TPSA) is 84.2 Å². The minimum Gasteiger partial charge on any atom is -0.356 e. The molecule has 0 atom stereocenters. The van der Waals surface area contributed by atoms with Gasteiger partial charge in [0.1, 0.15) is 0 Å². The van der Waals surface area contributed by atoms with Crippen molar-refractivity contribution in [2.45, 2.75) is 140 Å². The lowest BCUT2D eigenvalue weighted by atomic mass is 9.53. The van der Waals surface area contributed by atoms with Crippen molar-refractivity contribution in [3.63, 3.8) is 0 Å². The van der Waals surface area contributed by atoms with Crippen molar-refractivity contribution in [3.05, 3.63) is 0 Å². The minimum absolute atomic E-state index is 0.176. The van der Waals surface area contributed by atoms with Crippen LogP contribution in [0.4, 0.5) is 0 Å². The SMILES string of the molecule is NCCCCCCCC(=O)NCCCCCCCCCCC(=O)NC12CC3CC(CC(C3)C1)C2. The molecule has 5 nitrogen and oxygen atoms in total. The third kappa shape index (κ3) is 9.87. The van der Waals surface area contributed by atoms with Crippen LogP contribution in [0.1, 0.15) is 135 Å². The second kappa shape index (κ2) is 15.1. The van der Waals surface area contributed by atoms with Crippen LogP contribution < -0.4 is 16.4 Å². The first-order valence-electron chi connectivity index (χ1n) is 14.9. The van der Waals surface area contributed by atoms with Gasteiger partial charge in [0.05, 0.1) is 0 Å². The summed E-state index contributed by atoms with van der Waals surface area (Å²) < 4.78 is 0. The van der Waals surface area contributed by atoms with Crippen molar-refractivity contribution in [1.29, 1.82) is 0 Å². The van der Waals surface area contributed by atoms with Gasteiger partial charge >= 0.3 is 0 Å². The molecule has 4 saturated carbocycles. The Bertz CT molecular complexity index is 571. The van der Waals surface area contributed by atoms with Crippen LogP contribution in [0.3, 0.4) is 0 Å². The fraction of sp³-hybridized carbons (Fsp3) is 0.931. The van der Waals surface area contributed by atoms with Crippen LogP contribution in [0.25, 0.3) is 0 Å². The number of carbonyl (C=O) groups excluding carboxylic acids is 2. The van der Waals surface area contributed by atoms with Gasteiger partial charge in [0.15, 0.2) is 0 Å². The van der Waals surface area contributed by atoms with E-state index in [0.717, 1.165) is 69.4 Å². The predicted molar refractivity (Wildman–Crippen MR) is 140 cm³/mol. The number of nitrogens with two attached hydrogens (primary N) is 1. The van der Waals surface area contributed by atoms with Gasteiger partial charge in [0.2, 0.25) is 11.8 Å². The molecule has 0 saturated heterocycles. The minimum atomic E-state index is 0.176. The van der Waals surface area contributed by atoms with Gasteiger partial charge in [-0.25, -0.2) is 0 Å². The summed E-state index contributed by atoms with van der Waals surface area (Å²) >= 11 is 0. The molecule has 196 valence electrons. The van der Waals surface area contributed by atoms with Gasteiger partial charge in [-0.05, 0) is 88.5 Å². The van der Waals surface area contributed by atoms with E-state index in [1.807, 2.05) is 0 Å². The highest BCUT2D eigenvalue weighted by atomic mass is 16.2. The van der Waals surface area contributed by atoms with Gasteiger partial charge in [-0.15, -0.1) is 0 Å². The molecular formula is C29H53N3O2. The van der Waals surface area contributed by atoms with E-state index in [1.165, 1.54) is 89.9 Å². The summed E-state index contributed by atoms with van der Waals surface area (Å²) in [5.41, 5.74) is 5.67. The summed E-state index contributed by atoms with van der Waals surface area (Å²) in [5.74, 6) is 3.21. The Hall–Kier alpha value is -1.10. The van der Waals surface area contributed by atoms with Crippen molar-refractivity contribution in [2.75, 3.05) is 13.1 Å². The Morgan fingerprint density at radius 3 is 1.59 bits per heavy atom. The molecule has 4 aliphatic rings. The number of carbonyl (C=O) groups is 2. The van der Waals surface area contributed by atoms with E-state index in [9.17, 15) is 9.59 Å². The zero-order chi connectivity index (χ0) is 24.1. The molecule has 34 heavy (non-hydrogen) atoms. The van der Waals surface area contributed by atoms with E-state index in [0.29, 0.717) is 12.3 Å². The predicted octanol–water partition coefficient (Wildman–Crippen LogP) is 6.00. The number of amides is 2. The first-order valence-corrected chi connectivity index (χ1v) is 14.9. The summed E-state index contributed by atoms with van der Waals surface area (Å²) in [4.78, 5) is 24.4. The van der Waals surface area contributed by atoms with E-state index in [2.05, 4.69) is 10.6 Å². The van der Waals surface area contributed by atoms with Crippen LogP contribution in [-0.2, 0) is 9.59 Å². The molecular weight excluding hydrogens is 422 g/mol. The molecule has 0 aromatic heterocycles. The molecule has 4 rings (SSSR count). The molecule has 0 unspecified atom stereocenters. The normalized spacial score (nSPS) is 27.1. The first-order chi connectivity index (χ1) is 16.6. The molecule has 0 aliphatic heterocycles.